The Morgan fingerprint density at radius 2 is 2.22 bits per heavy atom. The molecule has 0 saturated carbocycles. The van der Waals surface area contributed by atoms with Crippen LogP contribution in [-0.2, 0) is 4.79 Å². The van der Waals surface area contributed by atoms with Crippen molar-refractivity contribution < 1.29 is 4.79 Å². The van der Waals surface area contributed by atoms with Gasteiger partial charge in [0.05, 0.1) is 0 Å². The van der Waals surface area contributed by atoms with Crippen LogP contribution in [0.25, 0.3) is 0 Å². The van der Waals surface area contributed by atoms with Gasteiger partial charge in [0.1, 0.15) is 5.88 Å². The lowest BCUT2D eigenvalue weighted by atomic mass is 10.0. The van der Waals surface area contributed by atoms with Crippen LogP contribution in [0.15, 0.2) is 24.3 Å². The summed E-state index contributed by atoms with van der Waals surface area (Å²) in [5.41, 5.74) is 2.75. The molecule has 1 unspecified atom stereocenters. The summed E-state index contributed by atoms with van der Waals surface area (Å²) in [5.74, 6) is 1.14. The molecule has 1 fully saturated rings. The maximum absolute atomic E-state index is 11.6. The van der Waals surface area contributed by atoms with E-state index in [1.165, 1.54) is 11.1 Å². The third-order valence-corrected chi connectivity index (χ3v) is 4.88. The van der Waals surface area contributed by atoms with Crippen molar-refractivity contribution in [1.29, 1.82) is 0 Å². The van der Waals surface area contributed by atoms with E-state index >= 15 is 0 Å². The van der Waals surface area contributed by atoms with Crippen LogP contribution < -0.4 is 0 Å². The van der Waals surface area contributed by atoms with Gasteiger partial charge in [-0.2, -0.15) is 11.8 Å². The Balaban J connectivity index is 2.05. The molecule has 0 N–H and O–H groups in total. The monoisotopic (exact) mass is 283 g/mol. The molecule has 18 heavy (non-hydrogen) atoms. The van der Waals surface area contributed by atoms with Crippen LogP contribution >= 0.6 is 23.4 Å². The predicted molar refractivity (Wildman–Crippen MR) is 78.3 cm³/mol. The molecule has 0 radical (unpaired) electrons. The van der Waals surface area contributed by atoms with Gasteiger partial charge in [0, 0.05) is 24.1 Å². The maximum Gasteiger partial charge on any atom is 0.237 e. The lowest BCUT2D eigenvalue weighted by Gasteiger charge is -2.19. The van der Waals surface area contributed by atoms with E-state index in [0.717, 1.165) is 25.3 Å². The van der Waals surface area contributed by atoms with Gasteiger partial charge in [-0.15, -0.1) is 11.6 Å². The number of alkyl halides is 1. The summed E-state index contributed by atoms with van der Waals surface area (Å²) in [7, 11) is 0. The summed E-state index contributed by atoms with van der Waals surface area (Å²) in [6.45, 7) is 3.79. The third kappa shape index (κ3) is 3.21. The van der Waals surface area contributed by atoms with E-state index in [1.54, 1.807) is 0 Å². The molecular formula is C14H18ClNOS. The van der Waals surface area contributed by atoms with Crippen LogP contribution in [0.1, 0.15) is 22.8 Å². The number of rotatable bonds is 2. The molecule has 4 heteroatoms. The van der Waals surface area contributed by atoms with Crippen molar-refractivity contribution >= 4 is 29.3 Å². The molecule has 1 heterocycles. The summed E-state index contributed by atoms with van der Waals surface area (Å²) in [4.78, 5) is 13.5. The number of nitrogens with zero attached hydrogens (tertiary/aromatic N) is 1. The van der Waals surface area contributed by atoms with Crippen LogP contribution in [0, 0.1) is 6.92 Å². The highest BCUT2D eigenvalue weighted by Crippen LogP contribution is 2.35. The number of carbonyl (C=O) groups excluding carboxylic acids is 1. The molecule has 1 aromatic rings. The molecule has 1 aliphatic heterocycles. The molecule has 1 aromatic carbocycles. The Kier molecular flexibility index (Phi) is 4.95. The summed E-state index contributed by atoms with van der Waals surface area (Å²) in [6.07, 6.45) is 1.01. The molecule has 1 saturated heterocycles. The standard InChI is InChI=1S/C14H18ClNOS/c1-11-4-2-3-5-12(11)13-6-7-16(8-9-18-13)14(17)10-15/h2-5,13H,6-10H2,1H3. The Labute approximate surface area is 118 Å². The van der Waals surface area contributed by atoms with Gasteiger partial charge in [0.25, 0.3) is 0 Å². The number of carbonyl (C=O) groups is 1. The van der Waals surface area contributed by atoms with E-state index in [9.17, 15) is 4.79 Å². The summed E-state index contributed by atoms with van der Waals surface area (Å²) in [6, 6.07) is 8.52. The molecule has 0 aromatic heterocycles. The highest BCUT2D eigenvalue weighted by atomic mass is 35.5. The first-order valence-corrected chi connectivity index (χ1v) is 7.81. The Morgan fingerprint density at radius 1 is 1.44 bits per heavy atom. The Morgan fingerprint density at radius 3 is 2.94 bits per heavy atom. The zero-order valence-corrected chi connectivity index (χ0v) is 12.1. The molecule has 2 nitrogen and oxygen atoms in total. The van der Waals surface area contributed by atoms with E-state index in [0.29, 0.717) is 5.25 Å². The van der Waals surface area contributed by atoms with Gasteiger partial charge in [-0.05, 0) is 24.5 Å². The molecule has 0 spiro atoms. The molecule has 1 amide bonds. The number of hydrogen-bond donors (Lipinski definition) is 0. The Bertz CT molecular complexity index is 424. The molecule has 0 bridgehead atoms. The van der Waals surface area contributed by atoms with Crippen molar-refractivity contribution in [3.8, 4) is 0 Å². The third-order valence-electron chi connectivity index (χ3n) is 3.34. The lowest BCUT2D eigenvalue weighted by molar-refractivity contribution is -0.128. The topological polar surface area (TPSA) is 20.3 Å². The molecule has 98 valence electrons. The van der Waals surface area contributed by atoms with E-state index in [4.69, 9.17) is 11.6 Å². The van der Waals surface area contributed by atoms with Crippen molar-refractivity contribution in [3.05, 3.63) is 35.4 Å². The van der Waals surface area contributed by atoms with Gasteiger partial charge >= 0.3 is 0 Å². The average molecular weight is 284 g/mol. The van der Waals surface area contributed by atoms with Crippen molar-refractivity contribution in [2.45, 2.75) is 18.6 Å². The normalized spacial score (nSPS) is 20.6. The van der Waals surface area contributed by atoms with Gasteiger partial charge < -0.3 is 4.90 Å². The van der Waals surface area contributed by atoms with E-state index in [-0.39, 0.29) is 11.8 Å². The second-order valence-corrected chi connectivity index (χ2v) is 6.10. The van der Waals surface area contributed by atoms with E-state index in [2.05, 4.69) is 31.2 Å². The quantitative estimate of drug-likeness (QED) is 0.777. The number of benzene rings is 1. The maximum atomic E-state index is 11.6. The van der Waals surface area contributed by atoms with Gasteiger partial charge in [-0.3, -0.25) is 4.79 Å². The zero-order valence-electron chi connectivity index (χ0n) is 10.6. The van der Waals surface area contributed by atoms with Gasteiger partial charge in [0.15, 0.2) is 0 Å². The minimum atomic E-state index is 0.0581. The average Bonchev–Trinajstić information content (AvgIpc) is 2.64. The van der Waals surface area contributed by atoms with Crippen LogP contribution in [0.2, 0.25) is 0 Å². The van der Waals surface area contributed by atoms with Crippen molar-refractivity contribution in [3.63, 3.8) is 0 Å². The van der Waals surface area contributed by atoms with Crippen LogP contribution in [0.4, 0.5) is 0 Å². The summed E-state index contributed by atoms with van der Waals surface area (Å²) in [5, 5.41) is 0.499. The van der Waals surface area contributed by atoms with Crippen molar-refractivity contribution in [2.75, 3.05) is 24.7 Å². The fourth-order valence-corrected chi connectivity index (χ4v) is 3.80. The van der Waals surface area contributed by atoms with Gasteiger partial charge in [-0.1, -0.05) is 24.3 Å². The Hall–Kier alpha value is -0.670. The minimum Gasteiger partial charge on any atom is -0.341 e. The number of aryl methyl sites for hydroxylation is 1. The molecule has 1 atom stereocenters. The first-order chi connectivity index (χ1) is 8.72. The SMILES string of the molecule is Cc1ccccc1C1CCN(C(=O)CCl)CCS1. The highest BCUT2D eigenvalue weighted by Gasteiger charge is 2.22. The molecule has 0 aliphatic carbocycles. The zero-order chi connectivity index (χ0) is 13.0. The number of amides is 1. The smallest absolute Gasteiger partial charge is 0.237 e. The molecule has 1 aliphatic rings. The summed E-state index contributed by atoms with van der Waals surface area (Å²) >= 11 is 7.57. The van der Waals surface area contributed by atoms with Crippen LogP contribution in [0.3, 0.4) is 0 Å². The highest BCUT2D eigenvalue weighted by molar-refractivity contribution is 7.99. The second-order valence-electron chi connectivity index (χ2n) is 4.52. The molecule has 2 rings (SSSR count). The van der Waals surface area contributed by atoms with Crippen molar-refractivity contribution in [2.24, 2.45) is 0 Å². The van der Waals surface area contributed by atoms with E-state index in [1.807, 2.05) is 16.7 Å². The van der Waals surface area contributed by atoms with Crippen LogP contribution in [0.5, 0.6) is 0 Å². The first kappa shape index (κ1) is 13.8. The van der Waals surface area contributed by atoms with Gasteiger partial charge in [0.2, 0.25) is 5.91 Å². The minimum absolute atomic E-state index is 0.0581. The van der Waals surface area contributed by atoms with Crippen molar-refractivity contribution in [1.82, 2.24) is 4.90 Å². The summed E-state index contributed by atoms with van der Waals surface area (Å²) < 4.78 is 0. The first-order valence-electron chi connectivity index (χ1n) is 6.23. The fourth-order valence-electron chi connectivity index (χ4n) is 2.30. The van der Waals surface area contributed by atoms with Gasteiger partial charge in [-0.25, -0.2) is 0 Å². The largest absolute Gasteiger partial charge is 0.341 e. The van der Waals surface area contributed by atoms with E-state index < -0.39 is 0 Å². The van der Waals surface area contributed by atoms with Crippen LogP contribution in [-0.4, -0.2) is 35.5 Å². The number of thioether (sulfide) groups is 1. The number of hydrogen-bond acceptors (Lipinski definition) is 2. The molecular weight excluding hydrogens is 266 g/mol. The predicted octanol–water partition coefficient (Wildman–Crippen LogP) is 3.24. The lowest BCUT2D eigenvalue weighted by Crippen LogP contribution is -2.33. The fraction of sp³-hybridized carbons (Fsp3) is 0.500. The second kappa shape index (κ2) is 6.48. The number of halogens is 1.